The highest BCUT2D eigenvalue weighted by Crippen LogP contribution is 2.25. The van der Waals surface area contributed by atoms with Crippen LogP contribution >= 0.6 is 0 Å². The number of nitrogens with zero attached hydrogens (tertiary/aromatic N) is 3. The number of hydrogen-bond donors (Lipinski definition) is 3. The molecule has 0 saturated heterocycles. The van der Waals surface area contributed by atoms with E-state index < -0.39 is 0 Å². The second-order valence-electron chi connectivity index (χ2n) is 6.50. The average Bonchev–Trinajstić information content (AvgIpc) is 2.89. The lowest BCUT2D eigenvalue weighted by molar-refractivity contribution is 0.723. The van der Waals surface area contributed by atoms with E-state index in [1.807, 2.05) is 55.4 Å². The minimum Gasteiger partial charge on any atom is -0.383 e. The van der Waals surface area contributed by atoms with Gasteiger partial charge in [0.1, 0.15) is 5.82 Å². The predicted octanol–water partition coefficient (Wildman–Crippen LogP) is 7.95. The molecule has 2 rings (SSSR count). The third-order valence-electron chi connectivity index (χ3n) is 4.27. The first kappa shape index (κ1) is 36.2. The van der Waals surface area contributed by atoms with Crippen LogP contribution in [0.5, 0.6) is 0 Å². The molecule has 0 aliphatic carbocycles. The van der Waals surface area contributed by atoms with E-state index in [1.165, 1.54) is 11.3 Å². The zero-order valence-corrected chi connectivity index (χ0v) is 24.5. The molecular weight excluding hydrogens is 420 g/mol. The van der Waals surface area contributed by atoms with Gasteiger partial charge in [0, 0.05) is 42.8 Å². The molecule has 0 amide bonds. The number of benzene rings is 1. The summed E-state index contributed by atoms with van der Waals surface area (Å²) >= 11 is 0. The van der Waals surface area contributed by atoms with E-state index in [2.05, 4.69) is 71.4 Å². The molecule has 6 heteroatoms. The van der Waals surface area contributed by atoms with E-state index in [4.69, 9.17) is 5.73 Å². The predicted molar refractivity (Wildman–Crippen MR) is 156 cm³/mol. The number of aromatic nitrogens is 2. The van der Waals surface area contributed by atoms with E-state index in [-0.39, 0.29) is 0 Å². The Morgan fingerprint density at radius 3 is 1.88 bits per heavy atom. The van der Waals surface area contributed by atoms with E-state index in [9.17, 15) is 0 Å². The van der Waals surface area contributed by atoms with Gasteiger partial charge < -0.3 is 21.3 Å². The summed E-state index contributed by atoms with van der Waals surface area (Å²) in [6, 6.07) is 6.47. The lowest BCUT2D eigenvalue weighted by Crippen LogP contribution is -2.24. The maximum atomic E-state index is 6.05. The number of nitrogens with two attached hydrogens (primary N) is 1. The highest BCUT2D eigenvalue weighted by Gasteiger charge is 2.09. The minimum atomic E-state index is 0.509. The van der Waals surface area contributed by atoms with Crippen molar-refractivity contribution < 1.29 is 0 Å². The molecule has 0 aliphatic rings. The maximum Gasteiger partial charge on any atom is 0.229 e. The highest BCUT2D eigenvalue weighted by molar-refractivity contribution is 5.64. The Labute approximate surface area is 212 Å². The molecule has 0 radical (unpaired) electrons. The molecule has 1 heterocycles. The van der Waals surface area contributed by atoms with Crippen LogP contribution in [0.15, 0.2) is 24.4 Å². The van der Waals surface area contributed by atoms with Crippen molar-refractivity contribution in [1.29, 1.82) is 0 Å². The van der Waals surface area contributed by atoms with Crippen LogP contribution in [0.4, 0.5) is 23.1 Å². The molecule has 6 nitrogen and oxygen atoms in total. The van der Waals surface area contributed by atoms with E-state index in [0.29, 0.717) is 18.3 Å². The Balaban J connectivity index is -0.00000108. The summed E-state index contributed by atoms with van der Waals surface area (Å²) in [5.41, 5.74) is 10.4. The zero-order chi connectivity index (χ0) is 26.9. The van der Waals surface area contributed by atoms with Crippen LogP contribution in [-0.2, 0) is 6.54 Å². The van der Waals surface area contributed by atoms with Crippen LogP contribution in [0.1, 0.15) is 100 Å². The fourth-order valence-electron chi connectivity index (χ4n) is 2.89. The summed E-state index contributed by atoms with van der Waals surface area (Å²) in [5.74, 6) is 1.03. The van der Waals surface area contributed by atoms with Gasteiger partial charge in [-0.05, 0) is 50.1 Å². The SMILES string of the molecule is CC.CC.CC.CC.CCCN(CCC)c1ccc(Nc2ncc(CNCC)c(N)n2)c(C)c1. The molecule has 1 aromatic heterocycles. The zero-order valence-electron chi connectivity index (χ0n) is 24.5. The van der Waals surface area contributed by atoms with E-state index >= 15 is 0 Å². The molecule has 1 aromatic carbocycles. The van der Waals surface area contributed by atoms with Gasteiger partial charge in [-0.2, -0.15) is 4.98 Å². The smallest absolute Gasteiger partial charge is 0.229 e. The Kier molecular flexibility index (Phi) is 26.9. The van der Waals surface area contributed by atoms with E-state index in [1.54, 1.807) is 6.20 Å². The largest absolute Gasteiger partial charge is 0.383 e. The van der Waals surface area contributed by atoms with Crippen molar-refractivity contribution in [2.24, 2.45) is 0 Å². The van der Waals surface area contributed by atoms with Gasteiger partial charge in [0.05, 0.1) is 0 Å². The Morgan fingerprint density at radius 2 is 1.44 bits per heavy atom. The number of rotatable bonds is 10. The highest BCUT2D eigenvalue weighted by atomic mass is 15.1. The lowest BCUT2D eigenvalue weighted by Gasteiger charge is -2.24. The number of nitrogens with one attached hydrogen (secondary N) is 2. The molecule has 198 valence electrons. The first-order valence-electron chi connectivity index (χ1n) is 13.5. The standard InChI is InChI=1S/C20H32N6.4C2H6/c1-5-10-26(11-6-2)17-8-9-18(15(4)12-17)24-20-23-14-16(13-22-7-3)19(21)25-20;4*1-2/h8-9,12,14,22H,5-7,10-11,13H2,1-4H3,(H3,21,23,24,25);4*1-2H3. The number of anilines is 4. The van der Waals surface area contributed by atoms with Crippen molar-refractivity contribution in [3.63, 3.8) is 0 Å². The van der Waals surface area contributed by atoms with Gasteiger partial charge >= 0.3 is 0 Å². The third kappa shape index (κ3) is 14.0. The van der Waals surface area contributed by atoms with Crippen LogP contribution in [0.3, 0.4) is 0 Å². The van der Waals surface area contributed by atoms with Crippen molar-refractivity contribution in [2.45, 2.75) is 102 Å². The number of hydrogen-bond acceptors (Lipinski definition) is 6. The minimum absolute atomic E-state index is 0.509. The Hall–Kier alpha value is -2.34. The molecule has 0 atom stereocenters. The fourth-order valence-corrected chi connectivity index (χ4v) is 2.89. The molecule has 2 aromatic rings. The average molecular weight is 477 g/mol. The molecule has 34 heavy (non-hydrogen) atoms. The first-order valence-corrected chi connectivity index (χ1v) is 13.5. The third-order valence-corrected chi connectivity index (χ3v) is 4.27. The van der Waals surface area contributed by atoms with Crippen molar-refractivity contribution in [1.82, 2.24) is 15.3 Å². The molecule has 0 aliphatic heterocycles. The van der Waals surface area contributed by atoms with Crippen LogP contribution in [0.2, 0.25) is 0 Å². The number of nitrogen functional groups attached to an aromatic ring is 1. The quantitative estimate of drug-likeness (QED) is 0.323. The summed E-state index contributed by atoms with van der Waals surface area (Å²) in [7, 11) is 0. The molecule has 0 fully saturated rings. The summed E-state index contributed by atoms with van der Waals surface area (Å²) in [6.45, 7) is 28.3. The molecule has 4 N–H and O–H groups in total. The van der Waals surface area contributed by atoms with Crippen LogP contribution in [0.25, 0.3) is 0 Å². The first-order chi connectivity index (χ1) is 16.6. The van der Waals surface area contributed by atoms with Crippen molar-refractivity contribution in [3.05, 3.63) is 35.5 Å². The van der Waals surface area contributed by atoms with Gasteiger partial charge in [-0.15, -0.1) is 0 Å². The second-order valence-corrected chi connectivity index (χ2v) is 6.50. The van der Waals surface area contributed by atoms with Crippen LogP contribution < -0.4 is 21.3 Å². The van der Waals surface area contributed by atoms with Gasteiger partial charge in [0.15, 0.2) is 0 Å². The normalized spacial score (nSPS) is 8.94. The summed E-state index contributed by atoms with van der Waals surface area (Å²) in [5, 5.41) is 6.52. The number of aryl methyl sites for hydroxylation is 1. The fraction of sp³-hybridized carbons (Fsp3) is 0.643. The lowest BCUT2D eigenvalue weighted by atomic mass is 10.1. The van der Waals surface area contributed by atoms with Gasteiger partial charge in [0.2, 0.25) is 5.95 Å². The topological polar surface area (TPSA) is 79.1 Å². The molecule has 0 bridgehead atoms. The van der Waals surface area contributed by atoms with Gasteiger partial charge in [-0.1, -0.05) is 76.2 Å². The Bertz CT molecular complexity index is 697. The molecule has 0 saturated carbocycles. The summed E-state index contributed by atoms with van der Waals surface area (Å²) in [4.78, 5) is 11.2. The van der Waals surface area contributed by atoms with Gasteiger partial charge in [0.25, 0.3) is 0 Å². The summed E-state index contributed by atoms with van der Waals surface area (Å²) in [6.07, 6.45) is 4.07. The van der Waals surface area contributed by atoms with Gasteiger partial charge in [-0.25, -0.2) is 4.98 Å². The van der Waals surface area contributed by atoms with Crippen molar-refractivity contribution >= 4 is 23.1 Å². The van der Waals surface area contributed by atoms with Crippen molar-refractivity contribution in [3.8, 4) is 0 Å². The second kappa shape index (κ2) is 25.3. The molecule has 0 spiro atoms. The molecular formula is C28H56N6. The van der Waals surface area contributed by atoms with Crippen LogP contribution in [-0.4, -0.2) is 29.6 Å². The summed E-state index contributed by atoms with van der Waals surface area (Å²) < 4.78 is 0. The van der Waals surface area contributed by atoms with Crippen LogP contribution in [0, 0.1) is 6.92 Å². The maximum absolute atomic E-state index is 6.05. The molecule has 0 unspecified atom stereocenters. The van der Waals surface area contributed by atoms with Gasteiger partial charge in [-0.3, -0.25) is 0 Å². The monoisotopic (exact) mass is 476 g/mol. The van der Waals surface area contributed by atoms with E-state index in [0.717, 1.165) is 43.7 Å². The van der Waals surface area contributed by atoms with Crippen molar-refractivity contribution in [2.75, 3.05) is 35.6 Å². The Morgan fingerprint density at radius 1 is 0.882 bits per heavy atom.